The van der Waals surface area contributed by atoms with Gasteiger partial charge < -0.3 is 5.73 Å². The van der Waals surface area contributed by atoms with Gasteiger partial charge in [-0.3, -0.25) is 0 Å². The van der Waals surface area contributed by atoms with Crippen molar-refractivity contribution in [2.75, 3.05) is 5.73 Å². The van der Waals surface area contributed by atoms with Crippen molar-refractivity contribution in [1.82, 2.24) is 0 Å². The topological polar surface area (TPSA) is 26.0 Å². The Labute approximate surface area is 294 Å². The molecule has 1 aromatic carbocycles. The third kappa shape index (κ3) is 3.99. The zero-order valence-corrected chi connectivity index (χ0v) is 31.7. The fraction of sp³-hybridized carbons (Fsp3) is 0.231. The third-order valence-electron chi connectivity index (χ3n) is 10.1. The average molecular weight is 708 g/mol. The Kier molecular flexibility index (Phi) is 6.31. The lowest BCUT2D eigenvalue weighted by molar-refractivity contribution is 0.646. The minimum absolute atomic E-state index is 0.0492. The molecule has 2 N–H and O–H groups in total. The first-order valence-corrected chi connectivity index (χ1v) is 20.4. The first-order chi connectivity index (χ1) is 21.9. The molecule has 0 atom stereocenters. The number of aryl methyl sites for hydroxylation is 1. The molecule has 6 heterocycles. The van der Waals surface area contributed by atoms with Crippen LogP contribution in [0.4, 0.5) is 5.00 Å². The van der Waals surface area contributed by atoms with Crippen LogP contribution in [0.5, 0.6) is 0 Å². The SMILES string of the molecule is Cc1ccc(-c2ccc(-c3cc4c(s3)-c3c(C)c5c(c(C)c3C4(C)C)-c3sc(-c4ccc(-c6ccc(N)s6)s4)cc3C5(C)C)s2)s1. The molecule has 46 heavy (non-hydrogen) atoms. The predicted octanol–water partition coefficient (Wildman–Crippen LogP) is 13.8. The van der Waals surface area contributed by atoms with Crippen LogP contribution in [0, 0.1) is 20.8 Å². The summed E-state index contributed by atoms with van der Waals surface area (Å²) in [5, 5.41) is 0.871. The Morgan fingerprint density at radius 3 is 1.26 bits per heavy atom. The van der Waals surface area contributed by atoms with Crippen molar-refractivity contribution in [2.45, 2.75) is 59.3 Å². The largest absolute Gasteiger partial charge is 0.391 e. The van der Waals surface area contributed by atoms with E-state index in [1.807, 2.05) is 62.8 Å². The quantitative estimate of drug-likeness (QED) is 0.194. The van der Waals surface area contributed by atoms with Gasteiger partial charge in [0.15, 0.2) is 0 Å². The minimum atomic E-state index is -0.0555. The molecule has 0 unspecified atom stereocenters. The van der Waals surface area contributed by atoms with E-state index in [1.54, 1.807) is 11.3 Å². The van der Waals surface area contributed by atoms with Gasteiger partial charge >= 0.3 is 0 Å². The van der Waals surface area contributed by atoms with Crippen molar-refractivity contribution in [3.8, 4) is 59.9 Å². The highest BCUT2D eigenvalue weighted by molar-refractivity contribution is 7.28. The van der Waals surface area contributed by atoms with E-state index < -0.39 is 0 Å². The van der Waals surface area contributed by atoms with Crippen LogP contribution in [-0.2, 0) is 10.8 Å². The molecular formula is C39H33NS6. The molecule has 2 aliphatic rings. The van der Waals surface area contributed by atoms with Crippen molar-refractivity contribution in [2.24, 2.45) is 0 Å². The summed E-state index contributed by atoms with van der Waals surface area (Å²) in [4.78, 5) is 15.1. The maximum atomic E-state index is 6.04. The smallest absolute Gasteiger partial charge is 0.0863 e. The van der Waals surface area contributed by atoms with Gasteiger partial charge in [0.2, 0.25) is 0 Å². The van der Waals surface area contributed by atoms with Gasteiger partial charge in [-0.05, 0) is 126 Å². The Hall–Kier alpha value is -2.78. The summed E-state index contributed by atoms with van der Waals surface area (Å²) in [5.41, 5.74) is 17.9. The van der Waals surface area contributed by atoms with E-state index in [-0.39, 0.29) is 10.8 Å². The molecule has 0 saturated carbocycles. The second kappa shape index (κ2) is 9.88. The van der Waals surface area contributed by atoms with Crippen molar-refractivity contribution < 1.29 is 0 Å². The third-order valence-corrected chi connectivity index (χ3v) is 17.2. The van der Waals surface area contributed by atoms with Gasteiger partial charge in [0.05, 0.1) is 5.00 Å². The van der Waals surface area contributed by atoms with Crippen LogP contribution in [0.15, 0.2) is 60.7 Å². The summed E-state index contributed by atoms with van der Waals surface area (Å²) in [6.07, 6.45) is 0. The highest BCUT2D eigenvalue weighted by atomic mass is 32.1. The number of hydrogen-bond acceptors (Lipinski definition) is 7. The van der Waals surface area contributed by atoms with E-state index in [0.717, 1.165) is 5.00 Å². The van der Waals surface area contributed by atoms with Crippen molar-refractivity contribution in [3.05, 3.63) is 98.9 Å². The summed E-state index contributed by atoms with van der Waals surface area (Å²) >= 11 is 11.3. The Balaban J connectivity index is 1.16. The van der Waals surface area contributed by atoms with Crippen LogP contribution < -0.4 is 5.73 Å². The van der Waals surface area contributed by atoms with Gasteiger partial charge in [-0.2, -0.15) is 0 Å². The van der Waals surface area contributed by atoms with E-state index in [9.17, 15) is 0 Å². The molecule has 0 amide bonds. The van der Waals surface area contributed by atoms with Gasteiger partial charge in [-0.25, -0.2) is 0 Å². The molecule has 0 radical (unpaired) electrons. The summed E-state index contributed by atoms with van der Waals surface area (Å²) in [6, 6.07) is 22.8. The van der Waals surface area contributed by atoms with Gasteiger partial charge in [-0.15, -0.1) is 68.0 Å². The Morgan fingerprint density at radius 2 is 0.848 bits per heavy atom. The normalized spacial score (nSPS) is 15.3. The number of nitrogen functional groups attached to an aromatic ring is 1. The average Bonchev–Trinajstić information content (AvgIpc) is 3.84. The predicted molar refractivity (Wildman–Crippen MR) is 209 cm³/mol. The summed E-state index contributed by atoms with van der Waals surface area (Å²) in [6.45, 7) is 16.8. The molecular weight excluding hydrogens is 675 g/mol. The molecule has 0 saturated heterocycles. The number of benzene rings is 1. The van der Waals surface area contributed by atoms with Crippen molar-refractivity contribution in [1.29, 1.82) is 0 Å². The lowest BCUT2D eigenvalue weighted by Crippen LogP contribution is -2.20. The van der Waals surface area contributed by atoms with E-state index in [0.29, 0.717) is 0 Å². The molecule has 230 valence electrons. The van der Waals surface area contributed by atoms with E-state index >= 15 is 0 Å². The zero-order chi connectivity index (χ0) is 31.9. The van der Waals surface area contributed by atoms with E-state index in [2.05, 4.69) is 103 Å². The maximum absolute atomic E-state index is 6.04. The fourth-order valence-corrected chi connectivity index (χ4v) is 14.8. The molecule has 6 aromatic heterocycles. The summed E-state index contributed by atoms with van der Waals surface area (Å²) < 4.78 is 0. The van der Waals surface area contributed by atoms with Crippen LogP contribution in [0.25, 0.3) is 59.9 Å². The second-order valence-electron chi connectivity index (χ2n) is 13.6. The lowest BCUT2D eigenvalue weighted by Gasteiger charge is -2.29. The Bertz CT molecular complexity index is 2200. The van der Waals surface area contributed by atoms with E-state index in [4.69, 9.17) is 5.73 Å². The van der Waals surface area contributed by atoms with Crippen LogP contribution in [0.2, 0.25) is 0 Å². The number of thiophene rings is 6. The van der Waals surface area contributed by atoms with Crippen LogP contribution >= 0.6 is 68.0 Å². The Morgan fingerprint density at radius 1 is 0.457 bits per heavy atom. The molecule has 7 heteroatoms. The molecule has 0 spiro atoms. The number of rotatable bonds is 4. The van der Waals surface area contributed by atoms with Gasteiger partial charge in [0, 0.05) is 64.5 Å². The highest BCUT2D eigenvalue weighted by Crippen LogP contribution is 2.64. The van der Waals surface area contributed by atoms with Crippen LogP contribution in [-0.4, -0.2) is 0 Å². The molecule has 2 aliphatic carbocycles. The first-order valence-electron chi connectivity index (χ1n) is 15.5. The number of anilines is 1. The van der Waals surface area contributed by atoms with Gasteiger partial charge in [0.25, 0.3) is 0 Å². The number of fused-ring (bicyclic) bond motifs is 6. The maximum Gasteiger partial charge on any atom is 0.0863 e. The van der Waals surface area contributed by atoms with Gasteiger partial charge in [0.1, 0.15) is 0 Å². The molecule has 0 fully saturated rings. The van der Waals surface area contributed by atoms with Crippen molar-refractivity contribution in [3.63, 3.8) is 0 Å². The number of hydrogen-bond donors (Lipinski definition) is 1. The minimum Gasteiger partial charge on any atom is -0.391 e. The highest BCUT2D eigenvalue weighted by Gasteiger charge is 2.47. The second-order valence-corrected chi connectivity index (χ2v) is 20.3. The lowest BCUT2D eigenvalue weighted by atomic mass is 9.74. The first kappa shape index (κ1) is 29.4. The van der Waals surface area contributed by atoms with Crippen molar-refractivity contribution >= 4 is 73.0 Å². The molecule has 9 rings (SSSR count). The molecule has 7 aromatic rings. The zero-order valence-electron chi connectivity index (χ0n) is 26.8. The molecule has 0 bridgehead atoms. The monoisotopic (exact) mass is 707 g/mol. The number of nitrogens with two attached hydrogens (primary N) is 1. The molecule has 0 aliphatic heterocycles. The van der Waals surface area contributed by atoms with Crippen LogP contribution in [0.1, 0.15) is 66.0 Å². The fourth-order valence-electron chi connectivity index (χ4n) is 7.98. The standard InChI is InChI=1S/C39H33NS6/c1-18-8-9-23(41-18)24-10-12-27(42-24)29-16-21-36(45-29)32-19(2)35-33(20(3)34(32)38(21,4)5)37-22(39(35,6)7)17-30(46-37)28-13-11-25(43-28)26-14-15-31(40)44-26/h8-17H,40H2,1-7H3. The molecule has 1 nitrogen and oxygen atoms in total. The van der Waals surface area contributed by atoms with Crippen LogP contribution in [0.3, 0.4) is 0 Å². The van der Waals surface area contributed by atoms with E-state index in [1.165, 1.54) is 98.2 Å². The summed E-state index contributed by atoms with van der Waals surface area (Å²) in [7, 11) is 0. The summed E-state index contributed by atoms with van der Waals surface area (Å²) in [5.74, 6) is 0. The van der Waals surface area contributed by atoms with Gasteiger partial charge in [-0.1, -0.05) is 27.7 Å².